The second-order valence-corrected chi connectivity index (χ2v) is 4.30. The molecule has 0 spiro atoms. The SMILES string of the molecule is CC(C)(O/N=C(\[C]=O)c1csc(O)n1)C(=O)O. The van der Waals surface area contributed by atoms with Crippen LogP contribution < -0.4 is 0 Å². The van der Waals surface area contributed by atoms with Crippen molar-refractivity contribution < 1.29 is 24.6 Å². The lowest BCUT2D eigenvalue weighted by molar-refractivity contribution is -0.161. The van der Waals surface area contributed by atoms with E-state index in [1.54, 1.807) is 0 Å². The molecule has 0 unspecified atom stereocenters. The van der Waals surface area contributed by atoms with Gasteiger partial charge >= 0.3 is 5.97 Å². The molecule has 91 valence electrons. The topological polar surface area (TPSA) is 109 Å². The van der Waals surface area contributed by atoms with E-state index in [0.717, 1.165) is 11.3 Å². The monoisotopic (exact) mass is 257 g/mol. The fraction of sp³-hybridized carbons (Fsp3) is 0.333. The van der Waals surface area contributed by atoms with Crippen molar-refractivity contribution in [2.45, 2.75) is 19.4 Å². The number of aliphatic carboxylic acids is 1. The summed E-state index contributed by atoms with van der Waals surface area (Å²) >= 11 is 0.901. The summed E-state index contributed by atoms with van der Waals surface area (Å²) in [5, 5.41) is 22.3. The summed E-state index contributed by atoms with van der Waals surface area (Å²) in [6.45, 7) is 2.56. The zero-order valence-electron chi connectivity index (χ0n) is 9.00. The summed E-state index contributed by atoms with van der Waals surface area (Å²) in [6.07, 6.45) is 1.46. The molecule has 17 heavy (non-hydrogen) atoms. The molecule has 1 rings (SSSR count). The largest absolute Gasteiger partial charge is 0.486 e. The van der Waals surface area contributed by atoms with E-state index in [1.165, 1.54) is 25.5 Å². The molecular weight excluding hydrogens is 248 g/mol. The highest BCUT2D eigenvalue weighted by molar-refractivity contribution is 7.11. The molecule has 0 bridgehead atoms. The van der Waals surface area contributed by atoms with E-state index in [-0.39, 0.29) is 16.6 Å². The van der Waals surface area contributed by atoms with E-state index in [9.17, 15) is 9.59 Å². The number of hydrogen-bond acceptors (Lipinski definition) is 7. The first-order valence-corrected chi connectivity index (χ1v) is 5.27. The Morgan fingerprint density at radius 3 is 2.71 bits per heavy atom. The van der Waals surface area contributed by atoms with Gasteiger partial charge in [0.1, 0.15) is 5.69 Å². The number of carbonyl (C=O) groups is 1. The standard InChI is InChI=1S/C9H9N2O5S/c1-9(2,7(13)14)16-11-5(3-12)6-4-17-8(15)10-6/h4H,1-2H3,(H,10,15)(H,13,14)/b11-5+. The Morgan fingerprint density at radius 1 is 1.65 bits per heavy atom. The third-order valence-corrected chi connectivity index (χ3v) is 2.35. The van der Waals surface area contributed by atoms with Gasteiger partial charge in [-0.1, -0.05) is 16.5 Å². The summed E-state index contributed by atoms with van der Waals surface area (Å²) in [5.74, 6) is -1.23. The fourth-order valence-electron chi connectivity index (χ4n) is 0.690. The van der Waals surface area contributed by atoms with Gasteiger partial charge in [-0.05, 0) is 13.8 Å². The first-order chi connectivity index (χ1) is 7.86. The molecule has 0 saturated carbocycles. The summed E-state index contributed by atoms with van der Waals surface area (Å²) in [7, 11) is 0. The Labute approximate surface area is 100 Å². The Bertz CT molecular complexity index is 466. The lowest BCUT2D eigenvalue weighted by atomic mass is 10.1. The smallest absolute Gasteiger partial charge is 0.350 e. The predicted molar refractivity (Wildman–Crippen MR) is 58.8 cm³/mol. The Hall–Kier alpha value is -1.96. The van der Waals surface area contributed by atoms with Gasteiger partial charge < -0.3 is 15.1 Å². The van der Waals surface area contributed by atoms with Crippen molar-refractivity contribution in [1.82, 2.24) is 4.98 Å². The number of thiazole rings is 1. The highest BCUT2D eigenvalue weighted by atomic mass is 32.1. The Morgan fingerprint density at radius 2 is 2.29 bits per heavy atom. The number of rotatable bonds is 5. The molecule has 1 aromatic rings. The molecule has 1 aromatic heterocycles. The first-order valence-electron chi connectivity index (χ1n) is 4.39. The van der Waals surface area contributed by atoms with Gasteiger partial charge in [0.05, 0.1) is 0 Å². The van der Waals surface area contributed by atoms with Crippen molar-refractivity contribution in [3.8, 4) is 5.19 Å². The number of hydrogen-bond donors (Lipinski definition) is 2. The number of carboxylic acid groups (broad SMARTS) is 1. The van der Waals surface area contributed by atoms with Crippen LogP contribution in [0.25, 0.3) is 0 Å². The van der Waals surface area contributed by atoms with E-state index in [4.69, 9.17) is 15.1 Å². The maximum atomic E-state index is 10.7. The highest BCUT2D eigenvalue weighted by Crippen LogP contribution is 2.17. The number of aromatic hydroxyl groups is 1. The maximum absolute atomic E-state index is 10.7. The molecular formula is C9H9N2O5S. The minimum atomic E-state index is -1.57. The minimum Gasteiger partial charge on any atom is -0.486 e. The first kappa shape index (κ1) is 13.1. The molecule has 0 fully saturated rings. The van der Waals surface area contributed by atoms with Crippen LogP contribution in [0.1, 0.15) is 19.5 Å². The third kappa shape index (κ3) is 3.25. The van der Waals surface area contributed by atoms with Gasteiger partial charge in [-0.3, -0.25) is 4.79 Å². The second-order valence-electron chi connectivity index (χ2n) is 3.46. The average Bonchev–Trinajstić information content (AvgIpc) is 2.65. The van der Waals surface area contributed by atoms with Crippen LogP contribution in [-0.2, 0) is 14.4 Å². The molecule has 8 heteroatoms. The number of carbonyl (C=O) groups excluding carboxylic acids is 1. The molecule has 0 aliphatic rings. The molecule has 0 atom stereocenters. The highest BCUT2D eigenvalue weighted by Gasteiger charge is 2.30. The van der Waals surface area contributed by atoms with Crippen molar-refractivity contribution in [3.63, 3.8) is 0 Å². The third-order valence-electron chi connectivity index (χ3n) is 1.71. The minimum absolute atomic E-state index is 0.0729. The fourth-order valence-corrected chi connectivity index (χ4v) is 1.22. The number of oxime groups is 1. The summed E-state index contributed by atoms with van der Waals surface area (Å²) in [6, 6.07) is 0. The van der Waals surface area contributed by atoms with E-state index in [2.05, 4.69) is 10.1 Å². The summed E-state index contributed by atoms with van der Waals surface area (Å²) < 4.78 is 0. The number of carboxylic acids is 1. The van der Waals surface area contributed by atoms with Crippen LogP contribution >= 0.6 is 11.3 Å². The van der Waals surface area contributed by atoms with Crippen molar-refractivity contribution in [3.05, 3.63) is 11.1 Å². The normalized spacial score (nSPS) is 12.2. The Kier molecular flexibility index (Phi) is 3.79. The van der Waals surface area contributed by atoms with Crippen LogP contribution in [0.4, 0.5) is 0 Å². The van der Waals surface area contributed by atoms with Crippen molar-refractivity contribution in [2.24, 2.45) is 5.16 Å². The van der Waals surface area contributed by atoms with Gasteiger partial charge in [-0.25, -0.2) is 9.78 Å². The van der Waals surface area contributed by atoms with E-state index in [1.807, 2.05) is 0 Å². The molecule has 1 heterocycles. The average molecular weight is 257 g/mol. The lowest BCUT2D eigenvalue weighted by Crippen LogP contribution is -2.33. The van der Waals surface area contributed by atoms with E-state index < -0.39 is 11.6 Å². The Balaban J connectivity index is 2.89. The molecule has 1 radical (unpaired) electrons. The molecule has 7 nitrogen and oxygen atoms in total. The van der Waals surface area contributed by atoms with Crippen LogP contribution in [0, 0.1) is 0 Å². The van der Waals surface area contributed by atoms with Gasteiger partial charge in [0.15, 0.2) is 5.71 Å². The maximum Gasteiger partial charge on any atom is 0.350 e. The van der Waals surface area contributed by atoms with Crippen LogP contribution in [0.15, 0.2) is 10.5 Å². The van der Waals surface area contributed by atoms with Gasteiger partial charge in [0.25, 0.3) is 11.5 Å². The zero-order valence-corrected chi connectivity index (χ0v) is 9.82. The number of aromatic nitrogens is 1. The van der Waals surface area contributed by atoms with Gasteiger partial charge in [0.2, 0.25) is 5.60 Å². The van der Waals surface area contributed by atoms with Crippen LogP contribution in [0.5, 0.6) is 5.19 Å². The van der Waals surface area contributed by atoms with E-state index in [0.29, 0.717) is 0 Å². The van der Waals surface area contributed by atoms with Crippen LogP contribution in [-0.4, -0.2) is 38.8 Å². The van der Waals surface area contributed by atoms with Gasteiger partial charge in [0, 0.05) is 5.38 Å². The molecule has 0 saturated heterocycles. The quantitative estimate of drug-likeness (QED) is 0.588. The predicted octanol–water partition coefficient (Wildman–Crippen LogP) is 0.542. The molecule has 2 N–H and O–H groups in total. The summed E-state index contributed by atoms with van der Waals surface area (Å²) in [5.41, 5.74) is -1.81. The lowest BCUT2D eigenvalue weighted by Gasteiger charge is -2.16. The zero-order chi connectivity index (χ0) is 13.1. The van der Waals surface area contributed by atoms with Gasteiger partial charge in [-0.15, -0.1) is 0 Å². The number of nitrogens with zero attached hydrogens (tertiary/aromatic N) is 2. The molecule has 0 aromatic carbocycles. The van der Waals surface area contributed by atoms with Crippen LogP contribution in [0.3, 0.4) is 0 Å². The van der Waals surface area contributed by atoms with Crippen molar-refractivity contribution >= 4 is 29.3 Å². The van der Waals surface area contributed by atoms with Crippen molar-refractivity contribution in [2.75, 3.05) is 0 Å². The molecule has 0 amide bonds. The van der Waals surface area contributed by atoms with Crippen molar-refractivity contribution in [1.29, 1.82) is 0 Å². The van der Waals surface area contributed by atoms with Crippen LogP contribution in [0.2, 0.25) is 0 Å². The van der Waals surface area contributed by atoms with Gasteiger partial charge in [-0.2, -0.15) is 0 Å². The molecule has 0 aliphatic heterocycles. The molecule has 0 aliphatic carbocycles. The van der Waals surface area contributed by atoms with E-state index >= 15 is 0 Å². The summed E-state index contributed by atoms with van der Waals surface area (Å²) in [4.78, 5) is 29.6. The second kappa shape index (κ2) is 4.91.